The number of anilines is 1. The second-order valence-electron chi connectivity index (χ2n) is 3.94. The molecule has 0 aliphatic carbocycles. The van der Waals surface area contributed by atoms with E-state index in [1.54, 1.807) is 24.5 Å². The van der Waals surface area contributed by atoms with Gasteiger partial charge < -0.3 is 10.4 Å². The Kier molecular flexibility index (Phi) is 3.87. The molecule has 19 heavy (non-hydrogen) atoms. The lowest BCUT2D eigenvalue weighted by Gasteiger charge is -2.05. The van der Waals surface area contributed by atoms with E-state index in [9.17, 15) is 9.59 Å². The molecule has 1 amide bonds. The van der Waals surface area contributed by atoms with Gasteiger partial charge in [0.1, 0.15) is 6.42 Å². The van der Waals surface area contributed by atoms with Gasteiger partial charge in [0.25, 0.3) is 0 Å². The van der Waals surface area contributed by atoms with E-state index >= 15 is 0 Å². The van der Waals surface area contributed by atoms with E-state index < -0.39 is 18.3 Å². The van der Waals surface area contributed by atoms with Gasteiger partial charge in [-0.1, -0.05) is 18.2 Å². The first-order valence-corrected chi connectivity index (χ1v) is 5.67. The molecule has 2 aromatic rings. The fraction of sp³-hybridized carbons (Fsp3) is 0.0714. The second-order valence-corrected chi connectivity index (χ2v) is 3.94. The van der Waals surface area contributed by atoms with Crippen molar-refractivity contribution in [3.63, 3.8) is 0 Å². The maximum Gasteiger partial charge on any atom is 0.312 e. The highest BCUT2D eigenvalue weighted by Gasteiger charge is 2.07. The molecule has 0 atom stereocenters. The Morgan fingerprint density at radius 3 is 2.42 bits per heavy atom. The Bertz CT molecular complexity index is 579. The SMILES string of the molecule is O=C(O)CC(=O)Nc1ccc(-c2cccnc2)cc1. The zero-order valence-corrected chi connectivity index (χ0v) is 10.0. The van der Waals surface area contributed by atoms with E-state index in [1.165, 1.54) is 0 Å². The minimum absolute atomic E-state index is 0.537. The third-order valence-electron chi connectivity index (χ3n) is 2.48. The molecule has 0 radical (unpaired) electrons. The van der Waals surface area contributed by atoms with Crippen LogP contribution in [0.2, 0.25) is 0 Å². The summed E-state index contributed by atoms with van der Waals surface area (Å²) in [6, 6.07) is 10.9. The van der Waals surface area contributed by atoms with E-state index in [-0.39, 0.29) is 0 Å². The highest BCUT2D eigenvalue weighted by molar-refractivity contribution is 6.01. The Hall–Kier alpha value is -2.69. The molecule has 5 heteroatoms. The largest absolute Gasteiger partial charge is 0.481 e. The molecular formula is C14H12N2O3. The average molecular weight is 256 g/mol. The Morgan fingerprint density at radius 1 is 1.11 bits per heavy atom. The third kappa shape index (κ3) is 3.64. The molecule has 0 saturated carbocycles. The molecule has 0 aliphatic rings. The highest BCUT2D eigenvalue weighted by Crippen LogP contribution is 2.20. The first-order valence-electron chi connectivity index (χ1n) is 5.67. The van der Waals surface area contributed by atoms with Crippen LogP contribution in [-0.4, -0.2) is 22.0 Å². The molecule has 5 nitrogen and oxygen atoms in total. The molecule has 1 aromatic carbocycles. The van der Waals surface area contributed by atoms with Gasteiger partial charge in [0.05, 0.1) is 0 Å². The van der Waals surface area contributed by atoms with Crippen molar-refractivity contribution < 1.29 is 14.7 Å². The number of carboxylic acid groups (broad SMARTS) is 1. The van der Waals surface area contributed by atoms with E-state index in [2.05, 4.69) is 10.3 Å². The van der Waals surface area contributed by atoms with Crippen molar-refractivity contribution in [2.45, 2.75) is 6.42 Å². The van der Waals surface area contributed by atoms with Crippen LogP contribution in [0.25, 0.3) is 11.1 Å². The summed E-state index contributed by atoms with van der Waals surface area (Å²) in [4.78, 5) is 25.7. The predicted octanol–water partition coefficient (Wildman–Crippen LogP) is 2.16. The van der Waals surface area contributed by atoms with Crippen LogP contribution < -0.4 is 5.32 Å². The van der Waals surface area contributed by atoms with Gasteiger partial charge in [-0.2, -0.15) is 0 Å². The van der Waals surface area contributed by atoms with Gasteiger partial charge in [0.15, 0.2) is 0 Å². The number of aromatic nitrogens is 1. The standard InChI is InChI=1S/C14H12N2O3/c17-13(8-14(18)19)16-12-5-3-10(4-6-12)11-2-1-7-15-9-11/h1-7,9H,8H2,(H,16,17)(H,18,19). The van der Waals surface area contributed by atoms with Crippen LogP contribution in [0.15, 0.2) is 48.8 Å². The molecule has 0 unspecified atom stereocenters. The summed E-state index contributed by atoms with van der Waals surface area (Å²) in [5.41, 5.74) is 2.52. The lowest BCUT2D eigenvalue weighted by atomic mass is 10.1. The number of carboxylic acids is 1. The Balaban J connectivity index is 2.07. The Labute approximate surface area is 109 Å². The topological polar surface area (TPSA) is 79.3 Å². The zero-order chi connectivity index (χ0) is 13.7. The number of hydrogen-bond acceptors (Lipinski definition) is 3. The predicted molar refractivity (Wildman–Crippen MR) is 70.6 cm³/mol. The van der Waals surface area contributed by atoms with Gasteiger partial charge in [-0.25, -0.2) is 0 Å². The summed E-state index contributed by atoms with van der Waals surface area (Å²) in [7, 11) is 0. The van der Waals surface area contributed by atoms with Gasteiger partial charge in [0, 0.05) is 18.1 Å². The lowest BCUT2D eigenvalue weighted by Crippen LogP contribution is -2.15. The monoisotopic (exact) mass is 256 g/mol. The number of benzene rings is 1. The number of rotatable bonds is 4. The van der Waals surface area contributed by atoms with Gasteiger partial charge in [0.2, 0.25) is 5.91 Å². The van der Waals surface area contributed by atoms with Crippen molar-refractivity contribution >= 4 is 17.6 Å². The number of aliphatic carboxylic acids is 1. The number of hydrogen-bond donors (Lipinski definition) is 2. The van der Waals surface area contributed by atoms with E-state index in [0.717, 1.165) is 11.1 Å². The molecule has 0 saturated heterocycles. The van der Waals surface area contributed by atoms with Crippen molar-refractivity contribution in [3.05, 3.63) is 48.8 Å². The summed E-state index contributed by atoms with van der Waals surface area (Å²) in [6.07, 6.45) is 2.91. The van der Waals surface area contributed by atoms with Gasteiger partial charge in [-0.15, -0.1) is 0 Å². The molecule has 1 aromatic heterocycles. The third-order valence-corrected chi connectivity index (χ3v) is 2.48. The average Bonchev–Trinajstić information content (AvgIpc) is 2.39. The molecule has 0 aliphatic heterocycles. The van der Waals surface area contributed by atoms with Crippen LogP contribution in [0, 0.1) is 0 Å². The zero-order valence-electron chi connectivity index (χ0n) is 10.0. The van der Waals surface area contributed by atoms with Crippen LogP contribution in [0.5, 0.6) is 0 Å². The van der Waals surface area contributed by atoms with Gasteiger partial charge in [-0.05, 0) is 29.3 Å². The number of amides is 1. The normalized spacial score (nSPS) is 9.89. The lowest BCUT2D eigenvalue weighted by molar-refractivity contribution is -0.139. The Morgan fingerprint density at radius 2 is 1.84 bits per heavy atom. The quantitative estimate of drug-likeness (QED) is 0.821. The van der Waals surface area contributed by atoms with Gasteiger partial charge in [-0.3, -0.25) is 14.6 Å². The summed E-state index contributed by atoms with van der Waals surface area (Å²) in [5.74, 6) is -1.69. The molecule has 0 bridgehead atoms. The van der Waals surface area contributed by atoms with Gasteiger partial charge >= 0.3 is 5.97 Å². The van der Waals surface area contributed by atoms with Crippen LogP contribution >= 0.6 is 0 Å². The van der Waals surface area contributed by atoms with Crippen molar-refractivity contribution in [1.82, 2.24) is 4.98 Å². The van der Waals surface area contributed by atoms with Crippen molar-refractivity contribution in [3.8, 4) is 11.1 Å². The molecule has 1 heterocycles. The number of carbonyl (C=O) groups is 2. The number of nitrogens with zero attached hydrogens (tertiary/aromatic N) is 1. The van der Waals surface area contributed by atoms with Crippen LogP contribution in [0.4, 0.5) is 5.69 Å². The summed E-state index contributed by atoms with van der Waals surface area (Å²) in [6.45, 7) is 0. The summed E-state index contributed by atoms with van der Waals surface area (Å²) >= 11 is 0. The van der Waals surface area contributed by atoms with Crippen molar-refractivity contribution in [2.24, 2.45) is 0 Å². The summed E-state index contributed by atoms with van der Waals surface area (Å²) in [5, 5.41) is 11.0. The molecule has 0 spiro atoms. The van der Waals surface area contributed by atoms with Crippen LogP contribution in [0.3, 0.4) is 0 Å². The number of nitrogens with one attached hydrogen (secondary N) is 1. The minimum atomic E-state index is -1.15. The summed E-state index contributed by atoms with van der Waals surface area (Å²) < 4.78 is 0. The first kappa shape index (κ1) is 12.8. The van der Waals surface area contributed by atoms with Crippen molar-refractivity contribution in [1.29, 1.82) is 0 Å². The fourth-order valence-electron chi connectivity index (χ4n) is 1.62. The van der Waals surface area contributed by atoms with Crippen LogP contribution in [0.1, 0.15) is 6.42 Å². The smallest absolute Gasteiger partial charge is 0.312 e. The number of carbonyl (C=O) groups excluding carboxylic acids is 1. The molecule has 2 rings (SSSR count). The molecule has 2 N–H and O–H groups in total. The fourth-order valence-corrected chi connectivity index (χ4v) is 1.62. The van der Waals surface area contributed by atoms with Crippen molar-refractivity contribution in [2.75, 3.05) is 5.32 Å². The van der Waals surface area contributed by atoms with E-state index in [1.807, 2.05) is 24.3 Å². The maximum absolute atomic E-state index is 11.3. The first-order chi connectivity index (χ1) is 9.15. The maximum atomic E-state index is 11.3. The van der Waals surface area contributed by atoms with E-state index in [0.29, 0.717) is 5.69 Å². The minimum Gasteiger partial charge on any atom is -0.481 e. The van der Waals surface area contributed by atoms with E-state index in [4.69, 9.17) is 5.11 Å². The molecule has 0 fully saturated rings. The highest BCUT2D eigenvalue weighted by atomic mass is 16.4. The molecular weight excluding hydrogens is 244 g/mol. The number of pyridine rings is 1. The second kappa shape index (κ2) is 5.77. The molecule has 96 valence electrons. The van der Waals surface area contributed by atoms with Crippen LogP contribution in [-0.2, 0) is 9.59 Å².